The normalized spacial score (nSPS) is 10.4. The summed E-state index contributed by atoms with van der Waals surface area (Å²) in [5.41, 5.74) is 4.19. The van der Waals surface area contributed by atoms with Crippen LogP contribution in [-0.4, -0.2) is 30.3 Å². The zero-order valence-electron chi connectivity index (χ0n) is 12.4. The van der Waals surface area contributed by atoms with Gasteiger partial charge in [0.15, 0.2) is 17.8 Å². The van der Waals surface area contributed by atoms with Gasteiger partial charge in [-0.25, -0.2) is 0 Å². The number of carbonyl (C=O) groups is 1. The fourth-order valence-electron chi connectivity index (χ4n) is 2.37. The van der Waals surface area contributed by atoms with E-state index in [9.17, 15) is 4.79 Å². The van der Waals surface area contributed by atoms with Gasteiger partial charge in [0.1, 0.15) is 0 Å². The Morgan fingerprint density at radius 3 is 2.20 bits per heavy atom. The van der Waals surface area contributed by atoms with E-state index in [4.69, 9.17) is 9.47 Å². The van der Waals surface area contributed by atoms with Crippen molar-refractivity contribution in [2.24, 2.45) is 7.05 Å². The molecule has 0 saturated heterocycles. The molecule has 0 fully saturated rings. The quantitative estimate of drug-likeness (QED) is 0.804. The lowest BCUT2D eigenvalue weighted by Crippen LogP contribution is -1.97. The molecule has 1 aromatic carbocycles. The number of methoxy groups -OCH3 is 2. The highest BCUT2D eigenvalue weighted by molar-refractivity contribution is 5.90. The Morgan fingerprint density at radius 1 is 1.15 bits per heavy atom. The second kappa shape index (κ2) is 5.36. The van der Waals surface area contributed by atoms with Gasteiger partial charge >= 0.3 is 0 Å². The Bertz CT molecular complexity index is 660. The highest BCUT2D eigenvalue weighted by Gasteiger charge is 2.18. The minimum absolute atomic E-state index is 0.539. The van der Waals surface area contributed by atoms with Crippen LogP contribution >= 0.6 is 0 Å². The summed E-state index contributed by atoms with van der Waals surface area (Å²) in [7, 11) is 5.00. The molecule has 0 N–H and O–H groups in total. The number of benzene rings is 1. The molecule has 0 amide bonds. The van der Waals surface area contributed by atoms with E-state index in [2.05, 4.69) is 5.10 Å². The third-order valence-electron chi connectivity index (χ3n) is 3.46. The first-order valence-corrected chi connectivity index (χ1v) is 6.25. The largest absolute Gasteiger partial charge is 0.493 e. The van der Waals surface area contributed by atoms with Gasteiger partial charge in [0, 0.05) is 23.9 Å². The number of rotatable bonds is 4. The molecule has 0 bridgehead atoms. The zero-order valence-corrected chi connectivity index (χ0v) is 12.4. The third kappa shape index (κ3) is 2.15. The SMILES string of the molecule is COc1cc(C=O)c(-c2c(C)nn(C)c2C)cc1OC. The van der Waals surface area contributed by atoms with Gasteiger partial charge in [-0.2, -0.15) is 5.10 Å². The van der Waals surface area contributed by atoms with Crippen LogP contribution in [0.4, 0.5) is 0 Å². The highest BCUT2D eigenvalue weighted by Crippen LogP contribution is 2.37. The molecule has 106 valence electrons. The van der Waals surface area contributed by atoms with E-state index in [-0.39, 0.29) is 0 Å². The lowest BCUT2D eigenvalue weighted by molar-refractivity contribution is 0.112. The predicted molar refractivity (Wildman–Crippen MR) is 76.6 cm³/mol. The summed E-state index contributed by atoms with van der Waals surface area (Å²) < 4.78 is 12.3. The van der Waals surface area contributed by atoms with Gasteiger partial charge in [0.2, 0.25) is 0 Å². The topological polar surface area (TPSA) is 53.3 Å². The summed E-state index contributed by atoms with van der Waals surface area (Å²) >= 11 is 0. The molecule has 5 heteroatoms. The lowest BCUT2D eigenvalue weighted by Gasteiger charge is -2.12. The molecule has 0 unspecified atom stereocenters. The van der Waals surface area contributed by atoms with Gasteiger partial charge in [-0.15, -0.1) is 0 Å². The number of aryl methyl sites for hydroxylation is 2. The zero-order chi connectivity index (χ0) is 14.9. The van der Waals surface area contributed by atoms with Gasteiger partial charge in [-0.05, 0) is 31.5 Å². The summed E-state index contributed by atoms with van der Waals surface area (Å²) in [6.07, 6.45) is 0.823. The number of nitrogens with zero attached hydrogens (tertiary/aromatic N) is 2. The number of carbonyl (C=O) groups excluding carboxylic acids is 1. The maximum Gasteiger partial charge on any atom is 0.161 e. The van der Waals surface area contributed by atoms with Crippen molar-refractivity contribution >= 4 is 6.29 Å². The summed E-state index contributed by atoms with van der Waals surface area (Å²) in [5, 5.41) is 4.39. The molecule has 1 heterocycles. The Kier molecular flexibility index (Phi) is 3.79. The fraction of sp³-hybridized carbons (Fsp3) is 0.333. The summed E-state index contributed by atoms with van der Waals surface area (Å²) in [5.74, 6) is 1.13. The standard InChI is InChI=1S/C15H18N2O3/c1-9-15(10(2)17(3)16-9)12-7-14(20-5)13(19-4)6-11(12)8-18/h6-8H,1-5H3. The maximum absolute atomic E-state index is 11.4. The van der Waals surface area contributed by atoms with Crippen molar-refractivity contribution in [3.8, 4) is 22.6 Å². The van der Waals surface area contributed by atoms with E-state index >= 15 is 0 Å². The van der Waals surface area contributed by atoms with Crippen LogP contribution in [0.1, 0.15) is 21.7 Å². The first-order chi connectivity index (χ1) is 9.53. The Hall–Kier alpha value is -2.30. The van der Waals surface area contributed by atoms with Crippen molar-refractivity contribution in [1.82, 2.24) is 9.78 Å². The number of aldehydes is 1. The van der Waals surface area contributed by atoms with Crippen LogP contribution in [0, 0.1) is 13.8 Å². The molecule has 0 spiro atoms. The Morgan fingerprint density at radius 2 is 1.75 bits per heavy atom. The van der Waals surface area contributed by atoms with Crippen LogP contribution in [-0.2, 0) is 7.05 Å². The van der Waals surface area contributed by atoms with E-state index in [1.807, 2.05) is 27.0 Å². The van der Waals surface area contributed by atoms with Crippen LogP contribution in [0.25, 0.3) is 11.1 Å². The summed E-state index contributed by atoms with van der Waals surface area (Å²) in [6, 6.07) is 3.51. The summed E-state index contributed by atoms with van der Waals surface area (Å²) in [6.45, 7) is 3.90. The molecule has 1 aromatic heterocycles. The predicted octanol–water partition coefficient (Wildman–Crippen LogP) is 2.53. The number of hydrogen-bond acceptors (Lipinski definition) is 4. The molecule has 0 radical (unpaired) electrons. The fourth-order valence-corrected chi connectivity index (χ4v) is 2.37. The number of aromatic nitrogens is 2. The maximum atomic E-state index is 11.4. The van der Waals surface area contributed by atoms with Crippen LogP contribution in [0.2, 0.25) is 0 Å². The minimum Gasteiger partial charge on any atom is -0.493 e. The van der Waals surface area contributed by atoms with Crippen molar-refractivity contribution < 1.29 is 14.3 Å². The second-order valence-electron chi connectivity index (χ2n) is 4.58. The molecular weight excluding hydrogens is 256 g/mol. The molecule has 0 aliphatic heterocycles. The van der Waals surface area contributed by atoms with Gasteiger partial charge in [0.25, 0.3) is 0 Å². The molecule has 0 aliphatic rings. The molecule has 2 aromatic rings. The van der Waals surface area contributed by atoms with Crippen LogP contribution in [0.3, 0.4) is 0 Å². The Labute approximate surface area is 118 Å². The molecular formula is C15H18N2O3. The molecule has 5 nitrogen and oxygen atoms in total. The molecule has 2 rings (SSSR count). The van der Waals surface area contributed by atoms with Gasteiger partial charge < -0.3 is 9.47 Å². The smallest absolute Gasteiger partial charge is 0.161 e. The lowest BCUT2D eigenvalue weighted by atomic mass is 9.98. The van der Waals surface area contributed by atoms with E-state index in [1.54, 1.807) is 25.0 Å². The Balaban J connectivity index is 2.75. The monoisotopic (exact) mass is 274 g/mol. The first kappa shape index (κ1) is 14.1. The van der Waals surface area contributed by atoms with Crippen LogP contribution < -0.4 is 9.47 Å². The van der Waals surface area contributed by atoms with Gasteiger partial charge in [0.05, 0.1) is 19.9 Å². The third-order valence-corrected chi connectivity index (χ3v) is 3.46. The van der Waals surface area contributed by atoms with Crippen molar-refractivity contribution in [2.45, 2.75) is 13.8 Å². The van der Waals surface area contributed by atoms with Gasteiger partial charge in [-0.1, -0.05) is 0 Å². The highest BCUT2D eigenvalue weighted by atomic mass is 16.5. The number of hydrogen-bond donors (Lipinski definition) is 0. The van der Waals surface area contributed by atoms with Crippen LogP contribution in [0.15, 0.2) is 12.1 Å². The van der Waals surface area contributed by atoms with Crippen LogP contribution in [0.5, 0.6) is 11.5 Å². The van der Waals surface area contributed by atoms with Crippen molar-refractivity contribution in [3.63, 3.8) is 0 Å². The van der Waals surface area contributed by atoms with Crippen molar-refractivity contribution in [1.29, 1.82) is 0 Å². The average Bonchev–Trinajstić information content (AvgIpc) is 2.70. The van der Waals surface area contributed by atoms with E-state index in [0.29, 0.717) is 17.1 Å². The second-order valence-corrected chi connectivity index (χ2v) is 4.58. The first-order valence-electron chi connectivity index (χ1n) is 6.25. The van der Waals surface area contributed by atoms with E-state index in [0.717, 1.165) is 28.8 Å². The molecule has 0 aliphatic carbocycles. The van der Waals surface area contributed by atoms with Crippen molar-refractivity contribution in [3.05, 3.63) is 29.1 Å². The average molecular weight is 274 g/mol. The molecule has 20 heavy (non-hydrogen) atoms. The minimum atomic E-state index is 0.539. The van der Waals surface area contributed by atoms with E-state index < -0.39 is 0 Å². The molecule has 0 atom stereocenters. The molecule has 0 saturated carbocycles. The van der Waals surface area contributed by atoms with Gasteiger partial charge in [-0.3, -0.25) is 9.48 Å². The van der Waals surface area contributed by atoms with E-state index in [1.165, 1.54) is 0 Å². The summed E-state index contributed by atoms with van der Waals surface area (Å²) in [4.78, 5) is 11.4. The van der Waals surface area contributed by atoms with Crippen molar-refractivity contribution in [2.75, 3.05) is 14.2 Å². The number of ether oxygens (including phenoxy) is 2.